The molecular formula is C13H9ClF2N2O2. The molecule has 0 aromatic heterocycles. The van der Waals surface area contributed by atoms with Crippen molar-refractivity contribution in [1.29, 1.82) is 0 Å². The fourth-order valence-corrected chi connectivity index (χ4v) is 1.86. The van der Waals surface area contributed by atoms with Crippen molar-refractivity contribution in [3.05, 3.63) is 68.7 Å². The highest BCUT2D eigenvalue weighted by molar-refractivity contribution is 6.31. The highest BCUT2D eigenvalue weighted by Gasteiger charge is 2.13. The molecule has 0 spiro atoms. The maximum atomic E-state index is 13.4. The number of nitrogens with one attached hydrogen (secondary N) is 1. The van der Waals surface area contributed by atoms with E-state index in [0.29, 0.717) is 11.3 Å². The number of hydrogen-bond acceptors (Lipinski definition) is 3. The first-order chi connectivity index (χ1) is 9.47. The molecule has 0 amide bonds. The van der Waals surface area contributed by atoms with E-state index in [4.69, 9.17) is 11.6 Å². The van der Waals surface area contributed by atoms with Gasteiger partial charge in [0.25, 0.3) is 0 Å². The molecule has 2 aromatic carbocycles. The number of hydrogen-bond donors (Lipinski definition) is 1. The van der Waals surface area contributed by atoms with E-state index >= 15 is 0 Å². The Labute approximate surface area is 118 Å². The van der Waals surface area contributed by atoms with Gasteiger partial charge in [0.1, 0.15) is 5.82 Å². The molecule has 0 saturated carbocycles. The summed E-state index contributed by atoms with van der Waals surface area (Å²) in [7, 11) is 0. The first-order valence-corrected chi connectivity index (χ1v) is 5.97. The van der Waals surface area contributed by atoms with E-state index < -0.39 is 22.2 Å². The summed E-state index contributed by atoms with van der Waals surface area (Å²) >= 11 is 5.85. The Morgan fingerprint density at radius 2 is 1.95 bits per heavy atom. The lowest BCUT2D eigenvalue weighted by Crippen LogP contribution is -2.01. The Morgan fingerprint density at radius 1 is 1.20 bits per heavy atom. The second-order valence-electron chi connectivity index (χ2n) is 4.01. The zero-order valence-corrected chi connectivity index (χ0v) is 10.8. The summed E-state index contributed by atoms with van der Waals surface area (Å²) in [5, 5.41) is 13.6. The van der Waals surface area contributed by atoms with Gasteiger partial charge in [-0.05, 0) is 23.8 Å². The molecule has 0 radical (unpaired) electrons. The van der Waals surface area contributed by atoms with Gasteiger partial charge in [0, 0.05) is 29.4 Å². The minimum absolute atomic E-state index is 0.246. The minimum Gasteiger partial charge on any atom is -0.381 e. The molecule has 0 atom stereocenters. The summed E-state index contributed by atoms with van der Waals surface area (Å²) in [5.41, 5.74) is 0.413. The highest BCUT2D eigenvalue weighted by atomic mass is 35.5. The van der Waals surface area contributed by atoms with Crippen molar-refractivity contribution in [2.45, 2.75) is 6.54 Å². The van der Waals surface area contributed by atoms with Crippen LogP contribution < -0.4 is 5.32 Å². The molecule has 0 aliphatic carbocycles. The van der Waals surface area contributed by atoms with Crippen molar-refractivity contribution in [3.63, 3.8) is 0 Å². The third-order valence-electron chi connectivity index (χ3n) is 2.64. The third kappa shape index (κ3) is 3.21. The molecule has 0 aliphatic rings. The van der Waals surface area contributed by atoms with Gasteiger partial charge in [-0.25, -0.2) is 4.39 Å². The maximum Gasteiger partial charge on any atom is 0.304 e. The standard InChI is InChI=1S/C13H9ClF2N2O2/c14-11-5-9(15)2-1-8(11)7-17-10-3-4-13(18(19)20)12(16)6-10/h1-6,17H,7H2. The third-order valence-corrected chi connectivity index (χ3v) is 2.99. The van der Waals surface area contributed by atoms with E-state index in [0.717, 1.165) is 12.1 Å². The van der Waals surface area contributed by atoms with E-state index in [-0.39, 0.29) is 11.6 Å². The summed E-state index contributed by atoms with van der Waals surface area (Å²) in [6.45, 7) is 0.246. The molecule has 0 saturated heterocycles. The van der Waals surface area contributed by atoms with Crippen molar-refractivity contribution in [1.82, 2.24) is 0 Å². The molecule has 2 rings (SSSR count). The number of nitro benzene ring substituents is 1. The van der Waals surface area contributed by atoms with Crippen LogP contribution in [0.5, 0.6) is 0 Å². The first-order valence-electron chi connectivity index (χ1n) is 5.59. The average Bonchev–Trinajstić information content (AvgIpc) is 2.37. The molecular weight excluding hydrogens is 290 g/mol. The van der Waals surface area contributed by atoms with Crippen LogP contribution in [0.25, 0.3) is 0 Å². The minimum atomic E-state index is -0.926. The summed E-state index contributed by atoms with van der Waals surface area (Å²) in [6.07, 6.45) is 0. The number of nitro groups is 1. The van der Waals surface area contributed by atoms with Crippen molar-refractivity contribution < 1.29 is 13.7 Å². The summed E-state index contributed by atoms with van der Waals surface area (Å²) in [5.74, 6) is -1.37. The Bertz CT molecular complexity index is 665. The Morgan fingerprint density at radius 3 is 2.55 bits per heavy atom. The molecule has 0 bridgehead atoms. The number of anilines is 1. The monoisotopic (exact) mass is 298 g/mol. The Kier molecular flexibility index (Phi) is 4.14. The molecule has 4 nitrogen and oxygen atoms in total. The van der Waals surface area contributed by atoms with E-state index in [2.05, 4.69) is 5.32 Å². The predicted molar refractivity (Wildman–Crippen MR) is 71.8 cm³/mol. The van der Waals surface area contributed by atoms with Crippen LogP contribution in [0.2, 0.25) is 5.02 Å². The normalized spacial score (nSPS) is 10.3. The molecule has 0 heterocycles. The quantitative estimate of drug-likeness (QED) is 0.682. The lowest BCUT2D eigenvalue weighted by Gasteiger charge is -2.08. The topological polar surface area (TPSA) is 55.2 Å². The zero-order valence-electron chi connectivity index (χ0n) is 10.1. The van der Waals surface area contributed by atoms with Crippen LogP contribution in [0.1, 0.15) is 5.56 Å². The second kappa shape index (κ2) is 5.83. The zero-order chi connectivity index (χ0) is 14.7. The summed E-state index contributed by atoms with van der Waals surface area (Å²) in [4.78, 5) is 9.69. The second-order valence-corrected chi connectivity index (χ2v) is 4.42. The van der Waals surface area contributed by atoms with Gasteiger partial charge in [-0.3, -0.25) is 10.1 Å². The highest BCUT2D eigenvalue weighted by Crippen LogP contribution is 2.22. The van der Waals surface area contributed by atoms with Gasteiger partial charge < -0.3 is 5.32 Å². The number of benzene rings is 2. The molecule has 0 fully saturated rings. The number of nitrogens with zero attached hydrogens (tertiary/aromatic N) is 1. The van der Waals surface area contributed by atoms with Crippen molar-refractivity contribution in [3.8, 4) is 0 Å². The summed E-state index contributed by atoms with van der Waals surface area (Å²) < 4.78 is 26.3. The van der Waals surface area contributed by atoms with Gasteiger partial charge in [0.05, 0.1) is 4.92 Å². The van der Waals surface area contributed by atoms with Gasteiger partial charge in [0.15, 0.2) is 0 Å². The Balaban J connectivity index is 2.11. The van der Waals surface area contributed by atoms with E-state index in [1.165, 1.54) is 24.3 Å². The SMILES string of the molecule is O=[N+]([O-])c1ccc(NCc2ccc(F)cc2Cl)cc1F. The average molecular weight is 299 g/mol. The van der Waals surface area contributed by atoms with Crippen LogP contribution in [0.4, 0.5) is 20.2 Å². The number of halogens is 3. The Hall–Kier alpha value is -2.21. The van der Waals surface area contributed by atoms with Gasteiger partial charge in [-0.15, -0.1) is 0 Å². The van der Waals surface area contributed by atoms with E-state index in [1.54, 1.807) is 0 Å². The molecule has 0 unspecified atom stereocenters. The maximum absolute atomic E-state index is 13.4. The molecule has 1 N–H and O–H groups in total. The van der Waals surface area contributed by atoms with Crippen LogP contribution >= 0.6 is 11.6 Å². The molecule has 104 valence electrons. The van der Waals surface area contributed by atoms with Crippen LogP contribution in [-0.2, 0) is 6.54 Å². The predicted octanol–water partition coefficient (Wildman–Crippen LogP) is 4.14. The van der Waals surface area contributed by atoms with Crippen LogP contribution in [-0.4, -0.2) is 4.92 Å². The van der Waals surface area contributed by atoms with Crippen molar-refractivity contribution >= 4 is 23.0 Å². The largest absolute Gasteiger partial charge is 0.381 e. The molecule has 7 heteroatoms. The van der Waals surface area contributed by atoms with Crippen LogP contribution in [0.15, 0.2) is 36.4 Å². The van der Waals surface area contributed by atoms with Gasteiger partial charge in [0.2, 0.25) is 5.82 Å². The van der Waals surface area contributed by atoms with Crippen LogP contribution in [0.3, 0.4) is 0 Å². The van der Waals surface area contributed by atoms with E-state index in [1.807, 2.05) is 0 Å². The smallest absolute Gasteiger partial charge is 0.304 e. The van der Waals surface area contributed by atoms with E-state index in [9.17, 15) is 18.9 Å². The number of rotatable bonds is 4. The summed E-state index contributed by atoms with van der Waals surface area (Å²) in [6, 6.07) is 7.43. The molecule has 20 heavy (non-hydrogen) atoms. The first kappa shape index (κ1) is 14.2. The van der Waals surface area contributed by atoms with Gasteiger partial charge in [-0.1, -0.05) is 17.7 Å². The lowest BCUT2D eigenvalue weighted by atomic mass is 10.2. The van der Waals surface area contributed by atoms with Gasteiger partial charge >= 0.3 is 5.69 Å². The molecule has 0 aliphatic heterocycles. The lowest BCUT2D eigenvalue weighted by molar-refractivity contribution is -0.387. The van der Waals surface area contributed by atoms with Crippen molar-refractivity contribution in [2.24, 2.45) is 0 Å². The van der Waals surface area contributed by atoms with Crippen LogP contribution in [0, 0.1) is 21.7 Å². The fourth-order valence-electron chi connectivity index (χ4n) is 1.63. The molecule has 2 aromatic rings. The van der Waals surface area contributed by atoms with Gasteiger partial charge in [-0.2, -0.15) is 4.39 Å². The van der Waals surface area contributed by atoms with Crippen molar-refractivity contribution in [2.75, 3.05) is 5.32 Å². The fraction of sp³-hybridized carbons (Fsp3) is 0.0769.